The summed E-state index contributed by atoms with van der Waals surface area (Å²) in [6, 6.07) is 7.28. The van der Waals surface area contributed by atoms with Crippen LogP contribution >= 0.6 is 27.5 Å². The molecule has 2 saturated heterocycles. The number of alkyl halides is 1. The summed E-state index contributed by atoms with van der Waals surface area (Å²) < 4.78 is 0. The molecule has 2 unspecified atom stereocenters. The van der Waals surface area contributed by atoms with E-state index in [9.17, 15) is 0 Å². The third-order valence-corrected chi connectivity index (χ3v) is 5.85. The fourth-order valence-electron chi connectivity index (χ4n) is 3.73. The highest BCUT2D eigenvalue weighted by molar-refractivity contribution is 9.08. The minimum Gasteiger partial charge on any atom is -0.371 e. The van der Waals surface area contributed by atoms with Crippen molar-refractivity contribution in [3.05, 3.63) is 28.8 Å². The van der Waals surface area contributed by atoms with E-state index in [-0.39, 0.29) is 0 Å². The Morgan fingerprint density at radius 1 is 1.30 bits per heavy atom. The van der Waals surface area contributed by atoms with Crippen molar-refractivity contribution < 1.29 is 0 Å². The van der Waals surface area contributed by atoms with E-state index in [0.29, 0.717) is 0 Å². The maximum Gasteiger partial charge on any atom is 0.0467 e. The Morgan fingerprint density at radius 3 is 2.90 bits per heavy atom. The van der Waals surface area contributed by atoms with E-state index in [4.69, 9.17) is 11.6 Å². The fourth-order valence-corrected chi connectivity index (χ4v) is 4.62. The molecule has 2 heterocycles. The first-order chi connectivity index (χ1) is 9.69. The lowest BCUT2D eigenvalue weighted by Crippen LogP contribution is -2.52. The van der Waals surface area contributed by atoms with Crippen molar-refractivity contribution in [1.29, 1.82) is 0 Å². The molecule has 20 heavy (non-hydrogen) atoms. The summed E-state index contributed by atoms with van der Waals surface area (Å²) in [5, 5.41) is 1.70. The molecule has 2 nitrogen and oxygen atoms in total. The summed E-state index contributed by atoms with van der Waals surface area (Å²) >= 11 is 9.82. The van der Waals surface area contributed by atoms with Gasteiger partial charge in [0.2, 0.25) is 0 Å². The van der Waals surface area contributed by atoms with Crippen LogP contribution in [0, 0.1) is 5.92 Å². The Labute approximate surface area is 135 Å². The zero-order valence-corrected chi connectivity index (χ0v) is 14.3. The fraction of sp³-hybridized carbons (Fsp3) is 0.625. The molecule has 2 fully saturated rings. The molecule has 0 amide bonds. The summed E-state index contributed by atoms with van der Waals surface area (Å²) in [4.78, 5) is 5.08. The van der Waals surface area contributed by atoms with Gasteiger partial charge in [0.1, 0.15) is 0 Å². The maximum absolute atomic E-state index is 6.34. The van der Waals surface area contributed by atoms with E-state index in [0.717, 1.165) is 28.9 Å². The number of rotatable bonds is 2. The van der Waals surface area contributed by atoms with Gasteiger partial charge in [0.15, 0.2) is 0 Å². The molecule has 0 spiro atoms. The van der Waals surface area contributed by atoms with Gasteiger partial charge >= 0.3 is 0 Å². The Morgan fingerprint density at radius 2 is 2.15 bits per heavy atom. The molecule has 4 heteroatoms. The molecule has 2 aliphatic rings. The van der Waals surface area contributed by atoms with E-state index in [2.05, 4.69) is 51.0 Å². The van der Waals surface area contributed by atoms with Crippen molar-refractivity contribution >= 4 is 33.2 Å². The van der Waals surface area contributed by atoms with Gasteiger partial charge in [0.25, 0.3) is 0 Å². The lowest BCUT2D eigenvalue weighted by Gasteiger charge is -2.46. The van der Waals surface area contributed by atoms with Gasteiger partial charge in [-0.1, -0.05) is 33.6 Å². The molecule has 1 aromatic rings. The van der Waals surface area contributed by atoms with Gasteiger partial charge in [-0.05, 0) is 56.5 Å². The van der Waals surface area contributed by atoms with Crippen LogP contribution in [-0.4, -0.2) is 37.6 Å². The number of benzene rings is 1. The number of halogens is 2. The average molecular weight is 358 g/mol. The summed E-state index contributed by atoms with van der Waals surface area (Å²) in [5.41, 5.74) is 2.45. The number of likely N-dealkylation sites (tertiary alicyclic amines) is 1. The average Bonchev–Trinajstić information content (AvgIpc) is 2.47. The second-order valence-corrected chi connectivity index (χ2v) is 7.06. The van der Waals surface area contributed by atoms with Crippen LogP contribution in [0.25, 0.3) is 0 Å². The van der Waals surface area contributed by atoms with Crippen LogP contribution in [0.2, 0.25) is 5.02 Å². The SMILES string of the molecule is CN1CCCC2CN(c3ccc(CBr)c(Cl)c3)CCC21. The molecule has 0 saturated carbocycles. The lowest BCUT2D eigenvalue weighted by molar-refractivity contribution is 0.102. The Hall–Kier alpha value is -0.250. The number of fused-ring (bicyclic) bond motifs is 1. The largest absolute Gasteiger partial charge is 0.371 e. The minimum atomic E-state index is 0.789. The first kappa shape index (κ1) is 14.7. The van der Waals surface area contributed by atoms with E-state index < -0.39 is 0 Å². The molecular weight excluding hydrogens is 336 g/mol. The quantitative estimate of drug-likeness (QED) is 0.733. The number of piperidine rings is 2. The highest BCUT2D eigenvalue weighted by Crippen LogP contribution is 2.33. The first-order valence-electron chi connectivity index (χ1n) is 7.48. The van der Waals surface area contributed by atoms with Crippen molar-refractivity contribution in [2.75, 3.05) is 31.6 Å². The minimum absolute atomic E-state index is 0.789. The van der Waals surface area contributed by atoms with Crippen LogP contribution < -0.4 is 4.90 Å². The van der Waals surface area contributed by atoms with Crippen molar-refractivity contribution in [1.82, 2.24) is 4.90 Å². The second-order valence-electron chi connectivity index (χ2n) is 6.09. The van der Waals surface area contributed by atoms with E-state index in [1.165, 1.54) is 43.6 Å². The van der Waals surface area contributed by atoms with Crippen LogP contribution in [0.15, 0.2) is 18.2 Å². The maximum atomic E-state index is 6.34. The van der Waals surface area contributed by atoms with Gasteiger partial charge in [-0.25, -0.2) is 0 Å². The van der Waals surface area contributed by atoms with E-state index in [1.54, 1.807) is 0 Å². The molecule has 2 atom stereocenters. The van der Waals surface area contributed by atoms with Crippen LogP contribution in [0.5, 0.6) is 0 Å². The molecule has 2 aliphatic heterocycles. The number of nitrogens with zero attached hydrogens (tertiary/aromatic N) is 2. The van der Waals surface area contributed by atoms with E-state index in [1.807, 2.05) is 0 Å². The van der Waals surface area contributed by atoms with Gasteiger partial charge in [-0.3, -0.25) is 0 Å². The zero-order valence-electron chi connectivity index (χ0n) is 12.0. The lowest BCUT2D eigenvalue weighted by atomic mass is 9.84. The van der Waals surface area contributed by atoms with Crippen LogP contribution in [0.4, 0.5) is 5.69 Å². The van der Waals surface area contributed by atoms with Crippen molar-refractivity contribution in [3.8, 4) is 0 Å². The third kappa shape index (κ3) is 2.86. The van der Waals surface area contributed by atoms with Gasteiger partial charge in [0.05, 0.1) is 0 Å². The summed E-state index contributed by atoms with van der Waals surface area (Å²) in [5.74, 6) is 0.817. The van der Waals surface area contributed by atoms with Gasteiger partial charge in [0, 0.05) is 35.2 Å². The van der Waals surface area contributed by atoms with Crippen LogP contribution in [0.3, 0.4) is 0 Å². The molecule has 0 aromatic heterocycles. The van der Waals surface area contributed by atoms with Gasteiger partial charge < -0.3 is 9.80 Å². The molecule has 0 N–H and O–H groups in total. The number of hydrogen-bond acceptors (Lipinski definition) is 2. The number of anilines is 1. The van der Waals surface area contributed by atoms with Gasteiger partial charge in [-0.15, -0.1) is 0 Å². The summed E-state index contributed by atoms with van der Waals surface area (Å²) in [6.07, 6.45) is 3.99. The predicted molar refractivity (Wildman–Crippen MR) is 90.1 cm³/mol. The van der Waals surface area contributed by atoms with Crippen molar-refractivity contribution in [2.24, 2.45) is 5.92 Å². The molecular formula is C16H22BrClN2. The summed E-state index contributed by atoms with van der Waals surface area (Å²) in [7, 11) is 2.29. The molecule has 3 rings (SSSR count). The standard InChI is InChI=1S/C16H22BrClN2/c1-19-7-2-3-13-11-20(8-6-16(13)19)14-5-4-12(10-17)15(18)9-14/h4-5,9,13,16H,2-3,6-8,10-11H2,1H3. The molecule has 0 bridgehead atoms. The summed E-state index contributed by atoms with van der Waals surface area (Å²) in [6.45, 7) is 3.60. The smallest absolute Gasteiger partial charge is 0.0467 e. The Kier molecular flexibility index (Phi) is 4.58. The highest BCUT2D eigenvalue weighted by atomic mass is 79.9. The topological polar surface area (TPSA) is 6.48 Å². The first-order valence-corrected chi connectivity index (χ1v) is 8.98. The Balaban J connectivity index is 1.74. The third-order valence-electron chi connectivity index (χ3n) is 4.89. The predicted octanol–water partition coefficient (Wildman–Crippen LogP) is 4.16. The number of hydrogen-bond donors (Lipinski definition) is 0. The van der Waals surface area contributed by atoms with Crippen molar-refractivity contribution in [3.63, 3.8) is 0 Å². The monoisotopic (exact) mass is 356 g/mol. The Bertz CT molecular complexity index is 480. The molecule has 1 aromatic carbocycles. The van der Waals surface area contributed by atoms with Crippen LogP contribution in [-0.2, 0) is 5.33 Å². The zero-order chi connectivity index (χ0) is 14.1. The van der Waals surface area contributed by atoms with Gasteiger partial charge in [-0.2, -0.15) is 0 Å². The normalized spacial score (nSPS) is 27.4. The molecule has 0 aliphatic carbocycles. The van der Waals surface area contributed by atoms with Crippen LogP contribution in [0.1, 0.15) is 24.8 Å². The molecule has 0 radical (unpaired) electrons. The van der Waals surface area contributed by atoms with Crippen molar-refractivity contribution in [2.45, 2.75) is 30.6 Å². The van der Waals surface area contributed by atoms with E-state index >= 15 is 0 Å². The molecule has 110 valence electrons. The second kappa shape index (κ2) is 6.25. The highest BCUT2D eigenvalue weighted by Gasteiger charge is 2.34.